The van der Waals surface area contributed by atoms with Gasteiger partial charge in [0.25, 0.3) is 0 Å². The summed E-state index contributed by atoms with van der Waals surface area (Å²) in [5.74, 6) is -2.04. The maximum atomic E-state index is 13.6. The molecule has 1 saturated heterocycles. The number of carbonyl (C=O) groups excluding carboxylic acids is 3. The number of fused-ring (bicyclic) bond motifs is 1. The van der Waals surface area contributed by atoms with E-state index in [0.717, 1.165) is 0 Å². The normalized spacial score (nSPS) is 21.6. The number of nitrogens with two attached hydrogens (primary N) is 1. The lowest BCUT2D eigenvalue weighted by Crippen LogP contribution is -2.40. The van der Waals surface area contributed by atoms with Gasteiger partial charge in [0.2, 0.25) is 0 Å². The van der Waals surface area contributed by atoms with E-state index in [1.165, 1.54) is 55.9 Å². The zero-order valence-electron chi connectivity index (χ0n) is 19.0. The predicted octanol–water partition coefficient (Wildman–Crippen LogP) is 1.54. The van der Waals surface area contributed by atoms with Crippen LogP contribution in [-0.2, 0) is 33.3 Å². The molecule has 1 aliphatic rings. The molecule has 3 aromatic rings. The molecule has 13 heteroatoms. The third-order valence-electron chi connectivity index (χ3n) is 5.20. The van der Waals surface area contributed by atoms with Crippen molar-refractivity contribution in [3.8, 4) is 11.4 Å². The lowest BCUT2D eigenvalue weighted by molar-refractivity contribution is -0.166. The number of hydrogen-bond acceptors (Lipinski definition) is 11. The number of anilines is 1. The lowest BCUT2D eigenvalue weighted by Gasteiger charge is -2.24. The second kappa shape index (κ2) is 9.62. The fraction of sp³-hybridized carbons (Fsp3) is 0.364. The monoisotopic (exact) mass is 487 g/mol. The van der Waals surface area contributed by atoms with E-state index in [4.69, 9.17) is 24.7 Å². The van der Waals surface area contributed by atoms with Gasteiger partial charge in [0, 0.05) is 26.3 Å². The predicted molar refractivity (Wildman–Crippen MR) is 117 cm³/mol. The Hall–Kier alpha value is -4.13. The highest BCUT2D eigenvalue weighted by molar-refractivity contribution is 5.85. The molecule has 35 heavy (non-hydrogen) atoms. The van der Waals surface area contributed by atoms with Crippen LogP contribution in [0.4, 0.5) is 10.2 Å². The van der Waals surface area contributed by atoms with Gasteiger partial charge in [0.1, 0.15) is 30.7 Å². The molecule has 0 aliphatic carbocycles. The lowest BCUT2D eigenvalue weighted by atomic mass is 10.1. The van der Waals surface area contributed by atoms with Crippen LogP contribution in [0.2, 0.25) is 0 Å². The largest absolute Gasteiger partial charge is 0.463 e. The summed E-state index contributed by atoms with van der Waals surface area (Å²) in [7, 11) is 0. The van der Waals surface area contributed by atoms with Crippen LogP contribution in [0.1, 0.15) is 27.0 Å². The number of benzene rings is 1. The van der Waals surface area contributed by atoms with Crippen LogP contribution in [0.25, 0.3) is 22.6 Å². The Balaban J connectivity index is 1.89. The smallest absolute Gasteiger partial charge is 0.303 e. The van der Waals surface area contributed by atoms with E-state index < -0.39 is 48.3 Å². The van der Waals surface area contributed by atoms with Crippen LogP contribution in [0.3, 0.4) is 0 Å². The molecule has 184 valence electrons. The van der Waals surface area contributed by atoms with Gasteiger partial charge >= 0.3 is 17.9 Å². The van der Waals surface area contributed by atoms with Gasteiger partial charge in [-0.05, 0) is 24.3 Å². The second-order valence-corrected chi connectivity index (χ2v) is 7.76. The molecule has 0 bridgehead atoms. The van der Waals surface area contributed by atoms with Crippen LogP contribution < -0.4 is 5.73 Å². The Morgan fingerprint density at radius 3 is 2.31 bits per heavy atom. The molecule has 1 aromatic carbocycles. The number of esters is 3. The third-order valence-corrected chi connectivity index (χ3v) is 5.20. The van der Waals surface area contributed by atoms with Crippen LogP contribution in [0, 0.1) is 5.82 Å². The minimum Gasteiger partial charge on any atom is -0.463 e. The van der Waals surface area contributed by atoms with Crippen molar-refractivity contribution >= 4 is 34.9 Å². The van der Waals surface area contributed by atoms with Crippen LogP contribution >= 0.6 is 0 Å². The molecule has 3 heterocycles. The second-order valence-electron chi connectivity index (χ2n) is 7.76. The summed E-state index contributed by atoms with van der Waals surface area (Å²) in [6, 6.07) is 5.48. The number of hydrogen-bond donors (Lipinski definition) is 1. The Morgan fingerprint density at radius 1 is 1.03 bits per heavy atom. The SMILES string of the molecule is CC(=O)OC[C@H]1O[C@@H](n2c(-c3ccc(F)cc3)nc3c(N)ncnc32)[C@H](OC(C)=O)[C@@H]1OC(C)=O. The number of rotatable bonds is 6. The van der Waals surface area contributed by atoms with E-state index in [1.54, 1.807) is 0 Å². The summed E-state index contributed by atoms with van der Waals surface area (Å²) in [5, 5.41) is 0. The standard InChI is InChI=1S/C22H22FN5O7/c1-10(29)32-8-15-17(33-11(2)30)18(34-12(3)31)22(35-15)28-20(13-4-6-14(23)7-5-13)27-16-19(24)25-9-26-21(16)28/h4-7,9,15,17-18,22H,8H2,1-3H3,(H2,24,25,26)/t15-,17-,18-,22-/m1/s1. The van der Waals surface area contributed by atoms with E-state index in [0.29, 0.717) is 5.56 Å². The van der Waals surface area contributed by atoms with Crippen molar-refractivity contribution < 1.29 is 37.7 Å². The van der Waals surface area contributed by atoms with Gasteiger partial charge in [-0.25, -0.2) is 19.3 Å². The summed E-state index contributed by atoms with van der Waals surface area (Å²) in [6.07, 6.45) is -3.21. The number of nitrogens with zero attached hydrogens (tertiary/aromatic N) is 4. The van der Waals surface area contributed by atoms with Gasteiger partial charge < -0.3 is 24.7 Å². The fourth-order valence-corrected chi connectivity index (χ4v) is 3.87. The highest BCUT2D eigenvalue weighted by Gasteiger charge is 2.51. The fourth-order valence-electron chi connectivity index (χ4n) is 3.87. The summed E-state index contributed by atoms with van der Waals surface area (Å²) in [4.78, 5) is 48.1. The molecule has 0 saturated carbocycles. The highest BCUT2D eigenvalue weighted by Crippen LogP contribution is 2.39. The maximum Gasteiger partial charge on any atom is 0.303 e. The summed E-state index contributed by atoms with van der Waals surface area (Å²) >= 11 is 0. The summed E-state index contributed by atoms with van der Waals surface area (Å²) in [5.41, 5.74) is 6.95. The molecule has 2 N–H and O–H groups in total. The van der Waals surface area contributed by atoms with E-state index in [9.17, 15) is 18.8 Å². The number of aromatic nitrogens is 4. The van der Waals surface area contributed by atoms with Crippen molar-refractivity contribution in [3.63, 3.8) is 0 Å². The Bertz CT molecular complexity index is 1280. The van der Waals surface area contributed by atoms with Crippen LogP contribution in [-0.4, -0.2) is 62.3 Å². The molecular formula is C22H22FN5O7. The zero-order valence-corrected chi connectivity index (χ0v) is 19.0. The van der Waals surface area contributed by atoms with Crippen molar-refractivity contribution in [1.29, 1.82) is 0 Å². The van der Waals surface area contributed by atoms with Crippen molar-refractivity contribution in [2.45, 2.75) is 45.3 Å². The number of carbonyl (C=O) groups is 3. The molecule has 1 aliphatic heterocycles. The molecular weight excluding hydrogens is 465 g/mol. The van der Waals surface area contributed by atoms with Crippen molar-refractivity contribution in [2.75, 3.05) is 12.3 Å². The first kappa shape index (κ1) is 24.0. The van der Waals surface area contributed by atoms with Crippen LogP contribution in [0.15, 0.2) is 30.6 Å². The highest BCUT2D eigenvalue weighted by atomic mass is 19.1. The van der Waals surface area contributed by atoms with E-state index >= 15 is 0 Å². The topological polar surface area (TPSA) is 158 Å². The average Bonchev–Trinajstić information content (AvgIpc) is 3.31. The van der Waals surface area contributed by atoms with Gasteiger partial charge in [-0.15, -0.1) is 0 Å². The van der Waals surface area contributed by atoms with Gasteiger partial charge in [-0.3, -0.25) is 19.0 Å². The molecule has 1 fully saturated rings. The van der Waals surface area contributed by atoms with E-state index in [-0.39, 0.29) is 29.4 Å². The number of imidazole rings is 1. The van der Waals surface area contributed by atoms with Gasteiger partial charge in [-0.1, -0.05) is 0 Å². The van der Waals surface area contributed by atoms with Gasteiger partial charge in [0.15, 0.2) is 35.4 Å². The third kappa shape index (κ3) is 4.89. The first-order valence-corrected chi connectivity index (χ1v) is 10.5. The minimum atomic E-state index is -1.18. The Kier molecular flexibility index (Phi) is 6.60. The molecule has 0 spiro atoms. The van der Waals surface area contributed by atoms with E-state index in [1.807, 2.05) is 0 Å². The minimum absolute atomic E-state index is 0.0761. The first-order chi connectivity index (χ1) is 16.7. The molecule has 12 nitrogen and oxygen atoms in total. The molecule has 4 atom stereocenters. The molecule has 0 radical (unpaired) electrons. The quantitative estimate of drug-likeness (QED) is 0.397. The average molecular weight is 487 g/mol. The summed E-state index contributed by atoms with van der Waals surface area (Å²) in [6.45, 7) is 3.31. The molecule has 4 rings (SSSR count). The summed E-state index contributed by atoms with van der Waals surface area (Å²) < 4.78 is 37.3. The van der Waals surface area contributed by atoms with Crippen molar-refractivity contribution in [3.05, 3.63) is 36.4 Å². The van der Waals surface area contributed by atoms with E-state index in [2.05, 4.69) is 15.0 Å². The van der Waals surface area contributed by atoms with Gasteiger partial charge in [-0.2, -0.15) is 0 Å². The number of nitrogen functional groups attached to an aromatic ring is 1. The first-order valence-electron chi connectivity index (χ1n) is 10.5. The van der Waals surface area contributed by atoms with Crippen molar-refractivity contribution in [1.82, 2.24) is 19.5 Å². The molecule has 2 aromatic heterocycles. The zero-order chi connectivity index (χ0) is 25.3. The van der Waals surface area contributed by atoms with Crippen LogP contribution in [0.5, 0.6) is 0 Å². The Labute approximate surface area is 198 Å². The number of halogens is 1. The molecule has 0 unspecified atom stereocenters. The number of ether oxygens (including phenoxy) is 4. The van der Waals surface area contributed by atoms with Crippen molar-refractivity contribution in [2.24, 2.45) is 0 Å². The Morgan fingerprint density at radius 2 is 1.69 bits per heavy atom. The van der Waals surface area contributed by atoms with Gasteiger partial charge in [0.05, 0.1) is 0 Å². The maximum absolute atomic E-state index is 13.6. The molecule has 0 amide bonds.